The van der Waals surface area contributed by atoms with Crippen molar-refractivity contribution >= 4 is 22.9 Å². The third-order valence-corrected chi connectivity index (χ3v) is 3.03. The fourth-order valence-electron chi connectivity index (χ4n) is 1.28. The topological polar surface area (TPSA) is 90.1 Å². The molecule has 0 aromatic carbocycles. The van der Waals surface area contributed by atoms with Crippen LogP contribution in [0.3, 0.4) is 0 Å². The lowest BCUT2D eigenvalue weighted by Gasteiger charge is -2.03. The number of pyridine rings is 1. The maximum atomic E-state index is 11.8. The van der Waals surface area contributed by atoms with Gasteiger partial charge in [0.15, 0.2) is 0 Å². The summed E-state index contributed by atoms with van der Waals surface area (Å²) in [7, 11) is 1.53. The van der Waals surface area contributed by atoms with E-state index in [0.29, 0.717) is 23.8 Å². The second-order valence-electron chi connectivity index (χ2n) is 3.37. The highest BCUT2D eigenvalue weighted by Gasteiger charge is 2.10. The van der Waals surface area contributed by atoms with E-state index in [1.165, 1.54) is 24.6 Å². The van der Waals surface area contributed by atoms with Gasteiger partial charge in [-0.1, -0.05) is 0 Å². The number of anilines is 1. The molecule has 0 unspecified atom stereocenters. The highest BCUT2D eigenvalue weighted by molar-refractivity contribution is 7.09. The van der Waals surface area contributed by atoms with Crippen molar-refractivity contribution in [2.75, 3.05) is 12.4 Å². The van der Waals surface area contributed by atoms with Crippen molar-refractivity contribution in [3.8, 4) is 5.88 Å². The Labute approximate surface area is 108 Å². The van der Waals surface area contributed by atoms with Crippen LogP contribution in [0.15, 0.2) is 23.7 Å². The van der Waals surface area contributed by atoms with E-state index < -0.39 is 0 Å². The smallest absolute Gasteiger partial charge is 0.275 e. The fourth-order valence-corrected chi connectivity index (χ4v) is 1.93. The Morgan fingerprint density at radius 3 is 2.94 bits per heavy atom. The molecular formula is C11H12N4O2S. The molecule has 2 aromatic heterocycles. The number of nitrogens with two attached hydrogens (primary N) is 1. The molecule has 18 heavy (non-hydrogen) atoms. The monoisotopic (exact) mass is 264 g/mol. The third kappa shape index (κ3) is 2.82. The zero-order chi connectivity index (χ0) is 13.0. The molecular weight excluding hydrogens is 252 g/mol. The van der Waals surface area contributed by atoms with Gasteiger partial charge >= 0.3 is 0 Å². The van der Waals surface area contributed by atoms with Gasteiger partial charge in [-0.05, 0) is 6.07 Å². The molecule has 0 saturated carbocycles. The number of hydrogen-bond donors (Lipinski definition) is 2. The van der Waals surface area contributed by atoms with Gasteiger partial charge in [0, 0.05) is 18.0 Å². The molecule has 0 fully saturated rings. The van der Waals surface area contributed by atoms with Crippen LogP contribution in [0.1, 0.15) is 15.5 Å². The molecule has 7 heteroatoms. The molecule has 1 amide bonds. The number of nitrogens with one attached hydrogen (secondary N) is 1. The van der Waals surface area contributed by atoms with Gasteiger partial charge in [0.1, 0.15) is 10.7 Å². The first-order valence-corrected chi connectivity index (χ1v) is 6.06. The van der Waals surface area contributed by atoms with Crippen LogP contribution in [-0.4, -0.2) is 23.0 Å². The second-order valence-corrected chi connectivity index (χ2v) is 4.32. The lowest BCUT2D eigenvalue weighted by Crippen LogP contribution is -2.12. The van der Waals surface area contributed by atoms with Gasteiger partial charge in [-0.25, -0.2) is 9.97 Å². The molecule has 2 heterocycles. The zero-order valence-electron chi connectivity index (χ0n) is 9.71. The van der Waals surface area contributed by atoms with Gasteiger partial charge in [-0.3, -0.25) is 4.79 Å². The number of methoxy groups -OCH3 is 1. The Morgan fingerprint density at radius 2 is 2.39 bits per heavy atom. The summed E-state index contributed by atoms with van der Waals surface area (Å²) < 4.78 is 4.93. The number of carbonyl (C=O) groups is 1. The summed E-state index contributed by atoms with van der Waals surface area (Å²) in [5, 5.41) is 5.10. The van der Waals surface area contributed by atoms with Crippen LogP contribution in [0.4, 0.5) is 5.69 Å². The molecule has 0 aliphatic rings. The first kappa shape index (κ1) is 12.5. The minimum absolute atomic E-state index is 0.280. The minimum atomic E-state index is -0.280. The molecule has 2 aromatic rings. The van der Waals surface area contributed by atoms with Crippen molar-refractivity contribution in [3.05, 3.63) is 34.4 Å². The number of nitrogens with zero attached hydrogens (tertiary/aromatic N) is 2. The van der Waals surface area contributed by atoms with Crippen LogP contribution < -0.4 is 15.8 Å². The number of ether oxygens (including phenoxy) is 1. The summed E-state index contributed by atoms with van der Waals surface area (Å²) in [6.07, 6.45) is 1.52. The van der Waals surface area contributed by atoms with Crippen LogP contribution in [-0.2, 0) is 6.54 Å². The molecule has 0 aliphatic heterocycles. The summed E-state index contributed by atoms with van der Waals surface area (Å²) in [4.78, 5) is 19.9. The molecule has 0 spiro atoms. The molecule has 94 valence electrons. The SMILES string of the molecule is COc1ccc(NC(=O)c2csc(CN)n2)cn1. The fraction of sp³-hybridized carbons (Fsp3) is 0.182. The van der Waals surface area contributed by atoms with E-state index >= 15 is 0 Å². The van der Waals surface area contributed by atoms with Gasteiger partial charge in [0.05, 0.1) is 19.0 Å². The molecule has 0 saturated heterocycles. The molecule has 0 aliphatic carbocycles. The van der Waals surface area contributed by atoms with Crippen molar-refractivity contribution in [2.45, 2.75) is 6.54 Å². The van der Waals surface area contributed by atoms with E-state index in [9.17, 15) is 4.79 Å². The first-order valence-electron chi connectivity index (χ1n) is 5.19. The average Bonchev–Trinajstić information content (AvgIpc) is 2.88. The summed E-state index contributed by atoms with van der Waals surface area (Å²) in [5.74, 6) is 0.213. The molecule has 3 N–H and O–H groups in total. The van der Waals surface area contributed by atoms with Crippen LogP contribution >= 0.6 is 11.3 Å². The molecule has 0 bridgehead atoms. The van der Waals surface area contributed by atoms with Crippen LogP contribution in [0, 0.1) is 0 Å². The van der Waals surface area contributed by atoms with E-state index in [0.717, 1.165) is 5.01 Å². The Morgan fingerprint density at radius 1 is 1.56 bits per heavy atom. The molecule has 2 rings (SSSR count). The van der Waals surface area contributed by atoms with Gasteiger partial charge in [0.25, 0.3) is 5.91 Å². The van der Waals surface area contributed by atoms with E-state index in [-0.39, 0.29) is 5.91 Å². The number of rotatable bonds is 4. The van der Waals surface area contributed by atoms with Crippen molar-refractivity contribution in [1.29, 1.82) is 0 Å². The van der Waals surface area contributed by atoms with E-state index in [2.05, 4.69) is 15.3 Å². The largest absolute Gasteiger partial charge is 0.481 e. The van der Waals surface area contributed by atoms with Gasteiger partial charge < -0.3 is 15.8 Å². The van der Waals surface area contributed by atoms with Crippen molar-refractivity contribution in [1.82, 2.24) is 9.97 Å². The maximum Gasteiger partial charge on any atom is 0.275 e. The van der Waals surface area contributed by atoms with Gasteiger partial charge in [-0.15, -0.1) is 11.3 Å². The molecule has 0 radical (unpaired) electrons. The van der Waals surface area contributed by atoms with Crippen LogP contribution in [0.25, 0.3) is 0 Å². The standard InChI is InChI=1S/C11H12N4O2S/c1-17-9-3-2-7(5-13-9)14-11(16)8-6-18-10(4-12)15-8/h2-3,5-6H,4,12H2,1H3,(H,14,16). The summed E-state index contributed by atoms with van der Waals surface area (Å²) in [6, 6.07) is 3.38. The number of amides is 1. The quantitative estimate of drug-likeness (QED) is 0.867. The maximum absolute atomic E-state index is 11.8. The highest BCUT2D eigenvalue weighted by atomic mass is 32.1. The van der Waals surface area contributed by atoms with E-state index in [4.69, 9.17) is 10.5 Å². The number of aromatic nitrogens is 2. The Bertz CT molecular complexity index is 538. The molecule has 0 atom stereocenters. The summed E-state index contributed by atoms with van der Waals surface area (Å²) in [5.41, 5.74) is 6.38. The van der Waals surface area contributed by atoms with Gasteiger partial charge in [-0.2, -0.15) is 0 Å². The Balaban J connectivity index is 2.06. The predicted molar refractivity (Wildman–Crippen MR) is 68.7 cm³/mol. The van der Waals surface area contributed by atoms with Gasteiger partial charge in [0.2, 0.25) is 5.88 Å². The lowest BCUT2D eigenvalue weighted by molar-refractivity contribution is 0.102. The van der Waals surface area contributed by atoms with E-state index in [1.807, 2.05) is 0 Å². The third-order valence-electron chi connectivity index (χ3n) is 2.16. The summed E-state index contributed by atoms with van der Waals surface area (Å²) >= 11 is 1.36. The van der Waals surface area contributed by atoms with Crippen molar-refractivity contribution in [3.63, 3.8) is 0 Å². The second kappa shape index (κ2) is 5.56. The Hall–Kier alpha value is -1.99. The number of thiazole rings is 1. The van der Waals surface area contributed by atoms with Crippen molar-refractivity contribution < 1.29 is 9.53 Å². The average molecular weight is 264 g/mol. The number of carbonyl (C=O) groups excluding carboxylic acids is 1. The zero-order valence-corrected chi connectivity index (χ0v) is 10.5. The van der Waals surface area contributed by atoms with Crippen LogP contribution in [0.5, 0.6) is 5.88 Å². The Kier molecular flexibility index (Phi) is 3.85. The van der Waals surface area contributed by atoms with Crippen LogP contribution in [0.2, 0.25) is 0 Å². The number of hydrogen-bond acceptors (Lipinski definition) is 6. The normalized spacial score (nSPS) is 10.1. The summed E-state index contributed by atoms with van der Waals surface area (Å²) in [6.45, 7) is 0.335. The predicted octanol–water partition coefficient (Wildman–Crippen LogP) is 1.26. The highest BCUT2D eigenvalue weighted by Crippen LogP contribution is 2.14. The van der Waals surface area contributed by atoms with Crippen molar-refractivity contribution in [2.24, 2.45) is 5.73 Å². The minimum Gasteiger partial charge on any atom is -0.481 e. The lowest BCUT2D eigenvalue weighted by atomic mass is 10.4. The van der Waals surface area contributed by atoms with E-state index in [1.54, 1.807) is 17.5 Å². The molecule has 6 nitrogen and oxygen atoms in total. The first-order chi connectivity index (χ1) is 8.72.